The number of fused-ring (bicyclic) bond motifs is 2. The van der Waals surface area contributed by atoms with E-state index in [0.717, 1.165) is 12.8 Å². The highest BCUT2D eigenvalue weighted by molar-refractivity contribution is 6.03. The van der Waals surface area contributed by atoms with Crippen LogP contribution in [0.15, 0.2) is 36.4 Å². The number of ether oxygens (including phenoxy) is 2. The quantitative estimate of drug-likeness (QED) is 0.427. The van der Waals surface area contributed by atoms with Gasteiger partial charge in [0.05, 0.1) is 48.4 Å². The summed E-state index contributed by atoms with van der Waals surface area (Å²) in [6.45, 7) is 4.25. The Morgan fingerprint density at radius 3 is 2.23 bits per heavy atom. The van der Waals surface area contributed by atoms with Gasteiger partial charge >= 0.3 is 11.9 Å². The second kappa shape index (κ2) is 9.83. The third-order valence-corrected chi connectivity index (χ3v) is 5.43. The molecule has 0 saturated carbocycles. The largest absolute Gasteiger partial charge is 0.469 e. The van der Waals surface area contributed by atoms with Crippen molar-refractivity contribution in [3.05, 3.63) is 47.5 Å². The lowest BCUT2D eigenvalue weighted by molar-refractivity contribution is -0.150. The van der Waals surface area contributed by atoms with Gasteiger partial charge in [-0.2, -0.15) is 0 Å². The fraction of sp³-hybridized carbons (Fsp3) is 0.417. The fourth-order valence-corrected chi connectivity index (χ4v) is 3.77. The average molecular weight is 424 g/mol. The van der Waals surface area contributed by atoms with Gasteiger partial charge in [-0.25, -0.2) is 14.8 Å². The number of benzene rings is 2. The maximum absolute atomic E-state index is 12.4. The van der Waals surface area contributed by atoms with Crippen LogP contribution in [0.1, 0.15) is 55.1 Å². The molecule has 0 aliphatic carbocycles. The Labute approximate surface area is 181 Å². The highest BCUT2D eigenvalue weighted by Gasteiger charge is 2.30. The summed E-state index contributed by atoms with van der Waals surface area (Å²) in [6, 6.07) is 10.4. The summed E-state index contributed by atoms with van der Waals surface area (Å²) in [5.74, 6) is -1.14. The van der Waals surface area contributed by atoms with E-state index in [2.05, 4.69) is 23.8 Å². The smallest absolute Gasteiger partial charge is 0.340 e. The molecule has 3 rings (SSSR count). The van der Waals surface area contributed by atoms with Gasteiger partial charge in [0.2, 0.25) is 0 Å². The van der Waals surface area contributed by atoms with Crippen LogP contribution in [0.25, 0.3) is 22.1 Å². The first-order valence-corrected chi connectivity index (χ1v) is 10.4. The fourth-order valence-electron chi connectivity index (χ4n) is 3.77. The lowest BCUT2D eigenvalue weighted by Crippen LogP contribution is -2.24. The number of aliphatic hydroxyl groups excluding tert-OH is 1. The standard InChI is InChI=1S/C24H28N2O5/c1-14(2)8-5-11-17(24(29)31-4)22(27)15-9-6-12-18-20(15)25-19-13-7-10-16(21(19)26-18)23(28)30-3/h6-7,9-10,12-14,17,22,27H,5,8,11H2,1-4H3. The molecule has 2 unspecified atom stereocenters. The SMILES string of the molecule is COC(=O)c1cccc2nc3c(C(O)C(CCCC(C)C)C(=O)OC)cccc3nc12. The molecule has 0 spiro atoms. The molecule has 7 nitrogen and oxygen atoms in total. The maximum Gasteiger partial charge on any atom is 0.340 e. The van der Waals surface area contributed by atoms with Crippen molar-refractivity contribution in [1.82, 2.24) is 9.97 Å². The topological polar surface area (TPSA) is 98.6 Å². The molecule has 0 aliphatic rings. The number of hydrogen-bond acceptors (Lipinski definition) is 7. The van der Waals surface area contributed by atoms with E-state index < -0.39 is 24.0 Å². The molecule has 0 fully saturated rings. The zero-order valence-electron chi connectivity index (χ0n) is 18.3. The predicted octanol–water partition coefficient (Wildman–Crippen LogP) is 4.22. The first-order chi connectivity index (χ1) is 14.9. The number of carbonyl (C=O) groups is 2. The minimum atomic E-state index is -1.08. The highest BCUT2D eigenvalue weighted by Crippen LogP contribution is 2.32. The second-order valence-corrected chi connectivity index (χ2v) is 8.00. The number of methoxy groups -OCH3 is 2. The summed E-state index contributed by atoms with van der Waals surface area (Å²) in [7, 11) is 2.64. The summed E-state index contributed by atoms with van der Waals surface area (Å²) in [6.07, 6.45) is 1.18. The minimum absolute atomic E-state index is 0.321. The van der Waals surface area contributed by atoms with Gasteiger partial charge in [0.25, 0.3) is 0 Å². The zero-order chi connectivity index (χ0) is 22.5. The monoisotopic (exact) mass is 424 g/mol. The number of hydrogen-bond donors (Lipinski definition) is 1. The molecule has 2 atom stereocenters. The Hall–Kier alpha value is -3.06. The Morgan fingerprint density at radius 1 is 0.935 bits per heavy atom. The van der Waals surface area contributed by atoms with Gasteiger partial charge in [0, 0.05) is 5.56 Å². The van der Waals surface area contributed by atoms with E-state index in [-0.39, 0.29) is 0 Å². The molecule has 0 radical (unpaired) electrons. The summed E-state index contributed by atoms with van der Waals surface area (Å²) in [5.41, 5.74) is 2.77. The Morgan fingerprint density at radius 2 is 1.58 bits per heavy atom. The van der Waals surface area contributed by atoms with Gasteiger partial charge in [0.1, 0.15) is 5.52 Å². The molecule has 0 aliphatic heterocycles. The van der Waals surface area contributed by atoms with Crippen molar-refractivity contribution in [2.75, 3.05) is 14.2 Å². The van der Waals surface area contributed by atoms with Crippen molar-refractivity contribution in [3.8, 4) is 0 Å². The molecule has 0 bridgehead atoms. The summed E-state index contributed by atoms with van der Waals surface area (Å²) < 4.78 is 9.81. The van der Waals surface area contributed by atoms with E-state index in [1.54, 1.807) is 36.4 Å². The van der Waals surface area contributed by atoms with Crippen molar-refractivity contribution < 1.29 is 24.2 Å². The average Bonchev–Trinajstić information content (AvgIpc) is 2.78. The molecule has 1 aromatic heterocycles. The predicted molar refractivity (Wildman–Crippen MR) is 118 cm³/mol. The van der Waals surface area contributed by atoms with Crippen molar-refractivity contribution in [3.63, 3.8) is 0 Å². The van der Waals surface area contributed by atoms with E-state index >= 15 is 0 Å². The van der Waals surface area contributed by atoms with Gasteiger partial charge in [-0.1, -0.05) is 44.9 Å². The van der Waals surface area contributed by atoms with Crippen LogP contribution < -0.4 is 0 Å². The van der Waals surface area contributed by atoms with E-state index in [9.17, 15) is 14.7 Å². The van der Waals surface area contributed by atoms with Crippen LogP contribution in [0.5, 0.6) is 0 Å². The van der Waals surface area contributed by atoms with Crippen LogP contribution in [-0.2, 0) is 14.3 Å². The summed E-state index contributed by atoms with van der Waals surface area (Å²) in [4.78, 5) is 33.8. The second-order valence-electron chi connectivity index (χ2n) is 8.00. The van der Waals surface area contributed by atoms with Crippen LogP contribution in [-0.4, -0.2) is 41.2 Å². The van der Waals surface area contributed by atoms with Gasteiger partial charge in [-0.3, -0.25) is 4.79 Å². The molecule has 0 saturated heterocycles. The zero-order valence-corrected chi connectivity index (χ0v) is 18.3. The lowest BCUT2D eigenvalue weighted by Gasteiger charge is -2.22. The highest BCUT2D eigenvalue weighted by atomic mass is 16.5. The Balaban J connectivity index is 2.07. The van der Waals surface area contributed by atoms with Crippen LogP contribution in [0.4, 0.5) is 0 Å². The minimum Gasteiger partial charge on any atom is -0.469 e. The summed E-state index contributed by atoms with van der Waals surface area (Å²) >= 11 is 0. The summed E-state index contributed by atoms with van der Waals surface area (Å²) in [5, 5.41) is 11.2. The third-order valence-electron chi connectivity index (χ3n) is 5.43. The molecule has 3 aromatic rings. The number of rotatable bonds is 8. The van der Waals surface area contributed by atoms with E-state index in [0.29, 0.717) is 45.5 Å². The molecular formula is C24H28N2O5. The molecule has 1 N–H and O–H groups in total. The number of carbonyl (C=O) groups excluding carboxylic acids is 2. The number of aliphatic hydroxyl groups is 1. The number of para-hydroxylation sites is 2. The lowest BCUT2D eigenvalue weighted by atomic mass is 9.89. The first kappa shape index (κ1) is 22.6. The van der Waals surface area contributed by atoms with Crippen molar-refractivity contribution in [1.29, 1.82) is 0 Å². The van der Waals surface area contributed by atoms with E-state index in [1.807, 2.05) is 0 Å². The molecule has 7 heteroatoms. The van der Waals surface area contributed by atoms with Crippen LogP contribution in [0, 0.1) is 11.8 Å². The van der Waals surface area contributed by atoms with Crippen LogP contribution in [0.3, 0.4) is 0 Å². The van der Waals surface area contributed by atoms with Crippen LogP contribution >= 0.6 is 0 Å². The maximum atomic E-state index is 12.4. The van der Waals surface area contributed by atoms with E-state index in [1.165, 1.54) is 14.2 Å². The first-order valence-electron chi connectivity index (χ1n) is 10.4. The molecule has 1 heterocycles. The molecule has 0 amide bonds. The number of aromatic nitrogens is 2. The van der Waals surface area contributed by atoms with Gasteiger partial charge < -0.3 is 14.6 Å². The number of nitrogens with zero attached hydrogens (tertiary/aromatic N) is 2. The van der Waals surface area contributed by atoms with Crippen molar-refractivity contribution in [2.24, 2.45) is 11.8 Å². The van der Waals surface area contributed by atoms with Crippen molar-refractivity contribution >= 4 is 34.0 Å². The molecule has 164 valence electrons. The molecule has 31 heavy (non-hydrogen) atoms. The van der Waals surface area contributed by atoms with Gasteiger partial charge in [-0.15, -0.1) is 0 Å². The Bertz CT molecular complexity index is 1100. The van der Waals surface area contributed by atoms with Crippen LogP contribution in [0.2, 0.25) is 0 Å². The van der Waals surface area contributed by atoms with Gasteiger partial charge in [0.15, 0.2) is 0 Å². The Kier molecular flexibility index (Phi) is 7.17. The van der Waals surface area contributed by atoms with Gasteiger partial charge in [-0.05, 0) is 30.5 Å². The third kappa shape index (κ3) is 4.82. The normalized spacial score (nSPS) is 13.4. The van der Waals surface area contributed by atoms with Crippen molar-refractivity contribution in [2.45, 2.75) is 39.2 Å². The molecular weight excluding hydrogens is 396 g/mol. The molecule has 2 aromatic carbocycles. The van der Waals surface area contributed by atoms with E-state index in [4.69, 9.17) is 9.47 Å². The number of esters is 2.